The smallest absolute Gasteiger partial charge is 0.354 e. The summed E-state index contributed by atoms with van der Waals surface area (Å²) in [5, 5.41) is 20.3. The zero-order valence-electron chi connectivity index (χ0n) is 15.0. The minimum absolute atomic E-state index is 0.0737. The molecule has 0 unspecified atom stereocenters. The maximum atomic E-state index is 12.6. The van der Waals surface area contributed by atoms with Crippen molar-refractivity contribution in [2.24, 2.45) is 0 Å². The van der Waals surface area contributed by atoms with E-state index >= 15 is 0 Å². The number of hydrogen-bond donors (Lipinski definition) is 3. The Hall–Kier alpha value is -3.42. The second kappa shape index (κ2) is 6.95. The number of aliphatic carboxylic acids is 1. The molecular weight excluding hydrogens is 362 g/mol. The Balaban J connectivity index is 1.67. The van der Waals surface area contributed by atoms with Crippen molar-refractivity contribution in [2.75, 3.05) is 6.54 Å². The SMILES string of the molecule is O=C(O)c1cc2c([nH]c3ccccc32)c(CCC(=O)N2CCC[C@H]2C(=O)O)n1. The molecule has 1 amide bonds. The number of pyridine rings is 1. The maximum Gasteiger partial charge on any atom is 0.354 e. The molecule has 1 aliphatic heterocycles. The average molecular weight is 381 g/mol. The molecule has 3 aromatic rings. The maximum absolute atomic E-state index is 12.6. The van der Waals surface area contributed by atoms with Crippen LogP contribution < -0.4 is 0 Å². The molecule has 1 atom stereocenters. The van der Waals surface area contributed by atoms with Crippen molar-refractivity contribution in [3.63, 3.8) is 0 Å². The molecule has 8 nitrogen and oxygen atoms in total. The van der Waals surface area contributed by atoms with Gasteiger partial charge in [0.2, 0.25) is 5.91 Å². The quantitative estimate of drug-likeness (QED) is 0.624. The van der Waals surface area contributed by atoms with Crippen LogP contribution in [0, 0.1) is 0 Å². The molecule has 4 rings (SSSR count). The summed E-state index contributed by atoms with van der Waals surface area (Å²) in [6.07, 6.45) is 1.43. The predicted octanol–water partition coefficient (Wildman–Crippen LogP) is 2.42. The molecule has 0 saturated carbocycles. The topological polar surface area (TPSA) is 124 Å². The monoisotopic (exact) mass is 381 g/mol. The summed E-state index contributed by atoms with van der Waals surface area (Å²) in [6, 6.07) is 8.30. The summed E-state index contributed by atoms with van der Waals surface area (Å²) in [4.78, 5) is 44.3. The number of carboxylic acids is 2. The Morgan fingerprint density at radius 1 is 1.18 bits per heavy atom. The first kappa shape index (κ1) is 18.0. The lowest BCUT2D eigenvalue weighted by Crippen LogP contribution is -2.40. The van der Waals surface area contributed by atoms with Gasteiger partial charge in [-0.25, -0.2) is 14.6 Å². The third kappa shape index (κ3) is 3.06. The fraction of sp³-hybridized carbons (Fsp3) is 0.300. The number of carbonyl (C=O) groups excluding carboxylic acids is 1. The van der Waals surface area contributed by atoms with Crippen molar-refractivity contribution in [2.45, 2.75) is 31.7 Å². The largest absolute Gasteiger partial charge is 0.480 e. The van der Waals surface area contributed by atoms with Crippen LogP contribution in [0.3, 0.4) is 0 Å². The number of aromatic amines is 1. The number of likely N-dealkylation sites (tertiary alicyclic amines) is 1. The number of para-hydroxylation sites is 1. The summed E-state index contributed by atoms with van der Waals surface area (Å²) < 4.78 is 0. The average Bonchev–Trinajstić information content (AvgIpc) is 3.30. The lowest BCUT2D eigenvalue weighted by atomic mass is 10.1. The highest BCUT2D eigenvalue weighted by atomic mass is 16.4. The van der Waals surface area contributed by atoms with Crippen molar-refractivity contribution >= 4 is 39.7 Å². The number of carboxylic acid groups (broad SMARTS) is 2. The van der Waals surface area contributed by atoms with Crippen molar-refractivity contribution in [1.82, 2.24) is 14.9 Å². The van der Waals surface area contributed by atoms with Gasteiger partial charge in [-0.3, -0.25) is 4.79 Å². The number of amides is 1. The Morgan fingerprint density at radius 2 is 1.96 bits per heavy atom. The van der Waals surface area contributed by atoms with Crippen LogP contribution in [0.2, 0.25) is 0 Å². The molecule has 144 valence electrons. The number of carbonyl (C=O) groups is 3. The van der Waals surface area contributed by atoms with Crippen LogP contribution in [0.25, 0.3) is 21.8 Å². The fourth-order valence-electron chi connectivity index (χ4n) is 3.89. The van der Waals surface area contributed by atoms with Gasteiger partial charge in [0.25, 0.3) is 0 Å². The normalized spacial score (nSPS) is 16.7. The highest BCUT2D eigenvalue weighted by Gasteiger charge is 2.33. The number of hydrogen-bond acceptors (Lipinski definition) is 4. The summed E-state index contributed by atoms with van der Waals surface area (Å²) in [5.41, 5.74) is 1.98. The van der Waals surface area contributed by atoms with Crippen LogP contribution in [0.5, 0.6) is 0 Å². The van der Waals surface area contributed by atoms with E-state index in [2.05, 4.69) is 9.97 Å². The van der Waals surface area contributed by atoms with Gasteiger partial charge in [-0.2, -0.15) is 0 Å². The molecule has 1 fully saturated rings. The van der Waals surface area contributed by atoms with Gasteiger partial charge in [-0.15, -0.1) is 0 Å². The number of fused-ring (bicyclic) bond motifs is 3. The third-order valence-electron chi connectivity index (χ3n) is 5.22. The first-order valence-corrected chi connectivity index (χ1v) is 9.11. The minimum Gasteiger partial charge on any atom is -0.480 e. The molecule has 0 bridgehead atoms. The van der Waals surface area contributed by atoms with Crippen LogP contribution in [-0.2, 0) is 16.0 Å². The third-order valence-corrected chi connectivity index (χ3v) is 5.22. The summed E-state index contributed by atoms with van der Waals surface area (Å²) in [5.74, 6) is -2.38. The van der Waals surface area contributed by atoms with Gasteiger partial charge in [-0.1, -0.05) is 18.2 Å². The molecule has 3 N–H and O–H groups in total. The van der Waals surface area contributed by atoms with Crippen LogP contribution >= 0.6 is 0 Å². The zero-order valence-corrected chi connectivity index (χ0v) is 15.0. The first-order valence-electron chi connectivity index (χ1n) is 9.11. The van der Waals surface area contributed by atoms with Gasteiger partial charge in [0.15, 0.2) is 0 Å². The Morgan fingerprint density at radius 3 is 2.71 bits per heavy atom. The number of H-pyrrole nitrogens is 1. The molecule has 1 saturated heterocycles. The Bertz CT molecular complexity index is 1100. The Labute approximate surface area is 159 Å². The molecule has 0 radical (unpaired) electrons. The van der Waals surface area contributed by atoms with E-state index in [0.29, 0.717) is 30.6 Å². The summed E-state index contributed by atoms with van der Waals surface area (Å²) >= 11 is 0. The molecule has 28 heavy (non-hydrogen) atoms. The number of rotatable bonds is 5. The van der Waals surface area contributed by atoms with Gasteiger partial charge in [0.1, 0.15) is 11.7 Å². The molecule has 3 heterocycles. The molecule has 1 aromatic carbocycles. The molecule has 0 aliphatic carbocycles. The van der Waals surface area contributed by atoms with Crippen LogP contribution in [0.15, 0.2) is 30.3 Å². The van der Waals surface area contributed by atoms with Gasteiger partial charge in [0, 0.05) is 35.7 Å². The standard InChI is InChI=1S/C20H19N3O5/c24-17(23-9-3-6-16(23)20(27)28)8-7-14-18-12(10-15(21-14)19(25)26)11-4-1-2-5-13(11)22-18/h1-2,4-5,10,16,22H,3,6-9H2,(H,25,26)(H,27,28)/t16-/m0/s1. The van der Waals surface area contributed by atoms with E-state index in [1.54, 1.807) is 0 Å². The molecular formula is C20H19N3O5. The van der Waals surface area contributed by atoms with E-state index < -0.39 is 18.0 Å². The second-order valence-corrected chi connectivity index (χ2v) is 6.94. The van der Waals surface area contributed by atoms with E-state index in [1.165, 1.54) is 11.0 Å². The summed E-state index contributed by atoms with van der Waals surface area (Å²) in [7, 11) is 0. The van der Waals surface area contributed by atoms with Gasteiger partial charge in [0.05, 0.1) is 11.2 Å². The lowest BCUT2D eigenvalue weighted by Gasteiger charge is -2.21. The Kier molecular flexibility index (Phi) is 4.46. The fourth-order valence-corrected chi connectivity index (χ4v) is 3.89. The van der Waals surface area contributed by atoms with E-state index in [4.69, 9.17) is 0 Å². The van der Waals surface area contributed by atoms with Crippen molar-refractivity contribution in [3.05, 3.63) is 41.7 Å². The zero-order chi connectivity index (χ0) is 19.8. The van der Waals surface area contributed by atoms with E-state index in [1.807, 2.05) is 24.3 Å². The van der Waals surface area contributed by atoms with E-state index in [9.17, 15) is 24.6 Å². The number of nitrogens with one attached hydrogen (secondary N) is 1. The lowest BCUT2D eigenvalue weighted by molar-refractivity contribution is -0.148. The van der Waals surface area contributed by atoms with Gasteiger partial charge < -0.3 is 20.1 Å². The van der Waals surface area contributed by atoms with Crippen LogP contribution in [0.4, 0.5) is 0 Å². The van der Waals surface area contributed by atoms with Crippen molar-refractivity contribution < 1.29 is 24.6 Å². The molecule has 1 aliphatic rings. The predicted molar refractivity (Wildman–Crippen MR) is 101 cm³/mol. The number of aromatic carboxylic acids is 1. The van der Waals surface area contributed by atoms with Gasteiger partial charge in [-0.05, 0) is 25.0 Å². The van der Waals surface area contributed by atoms with Crippen molar-refractivity contribution in [3.8, 4) is 0 Å². The minimum atomic E-state index is -1.13. The first-order chi connectivity index (χ1) is 13.5. The number of nitrogens with zero attached hydrogens (tertiary/aromatic N) is 2. The highest BCUT2D eigenvalue weighted by Crippen LogP contribution is 2.28. The van der Waals surface area contributed by atoms with E-state index in [0.717, 1.165) is 16.3 Å². The van der Waals surface area contributed by atoms with E-state index in [-0.39, 0.29) is 24.4 Å². The van der Waals surface area contributed by atoms with Crippen LogP contribution in [-0.4, -0.2) is 55.5 Å². The number of benzene rings is 1. The number of aryl methyl sites for hydroxylation is 1. The highest BCUT2D eigenvalue weighted by molar-refractivity contribution is 6.09. The number of aromatic nitrogens is 2. The molecule has 8 heteroatoms. The van der Waals surface area contributed by atoms with Crippen molar-refractivity contribution in [1.29, 1.82) is 0 Å². The molecule has 0 spiro atoms. The summed E-state index contributed by atoms with van der Waals surface area (Å²) in [6.45, 7) is 0.431. The van der Waals surface area contributed by atoms with Gasteiger partial charge >= 0.3 is 11.9 Å². The second-order valence-electron chi connectivity index (χ2n) is 6.94. The molecule has 2 aromatic heterocycles. The van der Waals surface area contributed by atoms with Crippen LogP contribution in [0.1, 0.15) is 35.4 Å².